The molecule has 4 rings (SSSR count). The van der Waals surface area contributed by atoms with Gasteiger partial charge in [0.1, 0.15) is 0 Å². The third-order valence-electron chi connectivity index (χ3n) is 5.20. The number of hydrazine groups is 1. The van der Waals surface area contributed by atoms with Gasteiger partial charge < -0.3 is 10.2 Å². The highest BCUT2D eigenvalue weighted by Gasteiger charge is 2.27. The fourth-order valence-corrected chi connectivity index (χ4v) is 4.86. The van der Waals surface area contributed by atoms with Crippen molar-refractivity contribution in [3.8, 4) is 0 Å². The lowest BCUT2D eigenvalue weighted by atomic mass is 10.2. The van der Waals surface area contributed by atoms with E-state index in [-0.39, 0.29) is 15.7 Å². The molecule has 35 heavy (non-hydrogen) atoms. The lowest BCUT2D eigenvalue weighted by Crippen LogP contribution is -2.42. The molecule has 1 aromatic heterocycles. The topological polar surface area (TPSA) is 86.4 Å². The van der Waals surface area contributed by atoms with Crippen LogP contribution in [0.4, 0.5) is 11.5 Å². The standard InChI is InChI=1S/C24H21Cl2N5O2S2/c25-17-6-8-18(9-7-17)31(14-15-4-2-1-3-5-15)24(34)30-29-21-19(26)12-16(13-27-21)22(32)28-20-10-11-35-23(20)33/h1-9,12-13,20H,10-11,14H2,(H,27,29)(H,28,32)(H,30,34). The Morgan fingerprint density at radius 2 is 1.89 bits per heavy atom. The summed E-state index contributed by atoms with van der Waals surface area (Å²) in [4.78, 5) is 30.4. The second kappa shape index (κ2) is 11.7. The predicted molar refractivity (Wildman–Crippen MR) is 146 cm³/mol. The molecular weight excluding hydrogens is 525 g/mol. The van der Waals surface area contributed by atoms with Crippen molar-refractivity contribution >= 4 is 74.8 Å². The van der Waals surface area contributed by atoms with Crippen LogP contribution in [-0.2, 0) is 11.3 Å². The molecule has 180 valence electrons. The molecule has 1 amide bonds. The first-order valence-electron chi connectivity index (χ1n) is 10.7. The molecule has 3 aromatic rings. The number of amides is 1. The van der Waals surface area contributed by atoms with Crippen LogP contribution in [0.2, 0.25) is 10.0 Å². The van der Waals surface area contributed by atoms with Gasteiger partial charge in [-0.1, -0.05) is 65.3 Å². The van der Waals surface area contributed by atoms with Crippen LogP contribution in [0, 0.1) is 0 Å². The zero-order chi connectivity index (χ0) is 24.8. The average molecular weight is 547 g/mol. The number of halogens is 2. The van der Waals surface area contributed by atoms with Crippen molar-refractivity contribution < 1.29 is 9.59 Å². The van der Waals surface area contributed by atoms with Crippen LogP contribution < -0.4 is 21.1 Å². The molecular formula is C24H21Cl2N5O2S2. The molecule has 1 fully saturated rings. The van der Waals surface area contributed by atoms with Gasteiger partial charge in [-0.25, -0.2) is 4.98 Å². The van der Waals surface area contributed by atoms with Crippen LogP contribution in [-0.4, -0.2) is 32.9 Å². The number of benzene rings is 2. The summed E-state index contributed by atoms with van der Waals surface area (Å²) in [6.45, 7) is 0.522. The Hall–Kier alpha value is -2.85. The van der Waals surface area contributed by atoms with Crippen LogP contribution in [0.15, 0.2) is 66.9 Å². The van der Waals surface area contributed by atoms with Gasteiger partial charge in [-0.15, -0.1) is 0 Å². The number of thioether (sulfide) groups is 1. The summed E-state index contributed by atoms with van der Waals surface area (Å²) in [6.07, 6.45) is 2.01. The lowest BCUT2D eigenvalue weighted by molar-refractivity contribution is -0.112. The molecule has 3 N–H and O–H groups in total. The highest BCUT2D eigenvalue weighted by Crippen LogP contribution is 2.23. The quantitative estimate of drug-likeness (QED) is 0.280. The van der Waals surface area contributed by atoms with E-state index in [4.69, 9.17) is 35.4 Å². The minimum Gasteiger partial charge on any atom is -0.341 e. The Morgan fingerprint density at radius 1 is 1.14 bits per heavy atom. The number of hydrogen-bond acceptors (Lipinski definition) is 6. The Labute approximate surface area is 222 Å². The number of nitrogens with one attached hydrogen (secondary N) is 3. The number of carbonyl (C=O) groups excluding carboxylic acids is 2. The van der Waals surface area contributed by atoms with E-state index in [2.05, 4.69) is 21.2 Å². The van der Waals surface area contributed by atoms with Crippen molar-refractivity contribution in [2.75, 3.05) is 16.1 Å². The van der Waals surface area contributed by atoms with Crippen molar-refractivity contribution in [3.05, 3.63) is 88.0 Å². The minimum absolute atomic E-state index is 0.0332. The van der Waals surface area contributed by atoms with Gasteiger partial charge in [-0.2, -0.15) is 0 Å². The molecule has 7 nitrogen and oxygen atoms in total. The molecule has 0 aliphatic carbocycles. The maximum Gasteiger partial charge on any atom is 0.253 e. The summed E-state index contributed by atoms with van der Waals surface area (Å²) in [5.41, 5.74) is 8.06. The van der Waals surface area contributed by atoms with E-state index >= 15 is 0 Å². The maximum atomic E-state index is 12.5. The summed E-state index contributed by atoms with van der Waals surface area (Å²) in [5.74, 6) is 0.607. The van der Waals surface area contributed by atoms with E-state index in [1.54, 1.807) is 12.1 Å². The predicted octanol–water partition coefficient (Wildman–Crippen LogP) is 5.06. The highest BCUT2D eigenvalue weighted by molar-refractivity contribution is 8.14. The Morgan fingerprint density at radius 3 is 2.54 bits per heavy atom. The van der Waals surface area contributed by atoms with Crippen molar-refractivity contribution in [3.63, 3.8) is 0 Å². The number of hydrogen-bond donors (Lipinski definition) is 3. The van der Waals surface area contributed by atoms with Gasteiger partial charge in [0.05, 0.1) is 23.2 Å². The molecule has 0 radical (unpaired) electrons. The monoisotopic (exact) mass is 545 g/mol. The highest BCUT2D eigenvalue weighted by atomic mass is 35.5. The second-order valence-corrected chi connectivity index (χ2v) is 9.97. The molecule has 1 saturated heterocycles. The summed E-state index contributed by atoms with van der Waals surface area (Å²) in [6, 6.07) is 18.3. The molecule has 11 heteroatoms. The fourth-order valence-electron chi connectivity index (χ4n) is 3.37. The average Bonchev–Trinajstić information content (AvgIpc) is 3.27. The first-order valence-corrected chi connectivity index (χ1v) is 12.8. The number of aromatic nitrogens is 1. The van der Waals surface area contributed by atoms with Gasteiger partial charge in [0.15, 0.2) is 10.9 Å². The van der Waals surface area contributed by atoms with E-state index in [9.17, 15) is 9.59 Å². The van der Waals surface area contributed by atoms with E-state index < -0.39 is 11.9 Å². The van der Waals surface area contributed by atoms with Crippen molar-refractivity contribution in [2.45, 2.75) is 19.0 Å². The van der Waals surface area contributed by atoms with Crippen molar-refractivity contribution in [2.24, 2.45) is 0 Å². The molecule has 1 unspecified atom stereocenters. The molecule has 1 atom stereocenters. The molecule has 0 saturated carbocycles. The van der Waals surface area contributed by atoms with Gasteiger partial charge in [0, 0.05) is 22.7 Å². The van der Waals surface area contributed by atoms with Crippen LogP contribution in [0.1, 0.15) is 22.3 Å². The lowest BCUT2D eigenvalue weighted by Gasteiger charge is -2.26. The third-order valence-corrected chi connectivity index (χ3v) is 7.07. The fraction of sp³-hybridized carbons (Fsp3) is 0.167. The molecule has 2 heterocycles. The van der Waals surface area contributed by atoms with Crippen LogP contribution in [0.5, 0.6) is 0 Å². The zero-order valence-electron chi connectivity index (χ0n) is 18.3. The van der Waals surface area contributed by atoms with E-state index in [1.807, 2.05) is 47.4 Å². The van der Waals surface area contributed by atoms with E-state index in [0.717, 1.165) is 11.3 Å². The number of anilines is 2. The summed E-state index contributed by atoms with van der Waals surface area (Å²) in [5, 5.41) is 3.92. The number of nitrogens with zero attached hydrogens (tertiary/aromatic N) is 2. The van der Waals surface area contributed by atoms with Crippen LogP contribution in [0.3, 0.4) is 0 Å². The van der Waals surface area contributed by atoms with E-state index in [0.29, 0.717) is 34.7 Å². The largest absolute Gasteiger partial charge is 0.341 e. The second-order valence-electron chi connectivity index (χ2n) is 7.64. The van der Waals surface area contributed by atoms with Crippen LogP contribution >= 0.6 is 47.2 Å². The number of carbonyl (C=O) groups is 2. The van der Waals surface area contributed by atoms with Crippen LogP contribution in [0.25, 0.3) is 0 Å². The van der Waals surface area contributed by atoms with Gasteiger partial charge in [0.25, 0.3) is 5.91 Å². The zero-order valence-corrected chi connectivity index (χ0v) is 21.5. The Kier molecular flexibility index (Phi) is 8.46. The van der Waals surface area contributed by atoms with E-state index in [1.165, 1.54) is 24.0 Å². The summed E-state index contributed by atoms with van der Waals surface area (Å²) in [7, 11) is 0. The van der Waals surface area contributed by atoms with Crippen molar-refractivity contribution in [1.82, 2.24) is 15.7 Å². The summed E-state index contributed by atoms with van der Waals surface area (Å²) < 4.78 is 0. The van der Waals surface area contributed by atoms with Gasteiger partial charge in [-0.05, 0) is 54.5 Å². The smallest absolute Gasteiger partial charge is 0.253 e. The minimum atomic E-state index is -0.480. The van der Waals surface area contributed by atoms with Gasteiger partial charge >= 0.3 is 0 Å². The van der Waals surface area contributed by atoms with Gasteiger partial charge in [-0.3, -0.25) is 20.4 Å². The SMILES string of the molecule is O=C(NC1CCSC1=O)c1cnc(NNC(=S)N(Cc2ccccc2)c2ccc(Cl)cc2)c(Cl)c1. The normalized spacial score (nSPS) is 14.9. The summed E-state index contributed by atoms with van der Waals surface area (Å²) >= 11 is 19.3. The molecule has 0 bridgehead atoms. The molecule has 0 spiro atoms. The first kappa shape index (κ1) is 25.2. The van der Waals surface area contributed by atoms with Crippen molar-refractivity contribution in [1.29, 1.82) is 0 Å². The maximum absolute atomic E-state index is 12.5. The molecule has 1 aliphatic rings. The Bertz CT molecular complexity index is 1230. The van der Waals surface area contributed by atoms with Gasteiger partial charge in [0.2, 0.25) is 5.12 Å². The molecule has 2 aromatic carbocycles. The first-order chi connectivity index (χ1) is 16.9. The number of rotatable bonds is 7. The Balaban J connectivity index is 1.43. The molecule has 1 aliphatic heterocycles. The third kappa shape index (κ3) is 6.64. The number of pyridine rings is 1. The number of thiocarbonyl (C=S) groups is 1.